The van der Waals surface area contributed by atoms with E-state index in [1.807, 2.05) is 0 Å². The number of nitrogens with one attached hydrogen (secondary N) is 1. The summed E-state index contributed by atoms with van der Waals surface area (Å²) in [4.78, 5) is 13.2. The molecule has 104 valence electrons. The summed E-state index contributed by atoms with van der Waals surface area (Å²) in [5.41, 5.74) is 0.719. The molecule has 5 nitrogen and oxygen atoms in total. The van der Waals surface area contributed by atoms with Gasteiger partial charge in [-0.3, -0.25) is 4.79 Å². The normalized spacial score (nSPS) is 19.7. The van der Waals surface area contributed by atoms with Crippen LogP contribution in [0.15, 0.2) is 29.2 Å². The number of amides is 1. The number of hydrogen-bond donors (Lipinski definition) is 1. The highest BCUT2D eigenvalue weighted by molar-refractivity contribution is 7.89. The van der Waals surface area contributed by atoms with Crippen LogP contribution >= 0.6 is 0 Å². The second-order valence-corrected chi connectivity index (χ2v) is 6.52. The number of benzene rings is 1. The number of sulfonamides is 1. The van der Waals surface area contributed by atoms with Crippen LogP contribution in [0.1, 0.15) is 18.9 Å². The minimum atomic E-state index is -3.51. The van der Waals surface area contributed by atoms with Crippen LogP contribution in [0.3, 0.4) is 0 Å². The van der Waals surface area contributed by atoms with Gasteiger partial charge < -0.3 is 4.90 Å². The predicted molar refractivity (Wildman–Crippen MR) is 72.2 cm³/mol. The van der Waals surface area contributed by atoms with Crippen LogP contribution in [0, 0.1) is 6.92 Å². The van der Waals surface area contributed by atoms with Crippen LogP contribution in [-0.2, 0) is 14.8 Å². The summed E-state index contributed by atoms with van der Waals surface area (Å²) >= 11 is 0. The summed E-state index contributed by atoms with van der Waals surface area (Å²) in [6.45, 7) is 4.32. The summed E-state index contributed by atoms with van der Waals surface area (Å²) in [7, 11) is -3.51. The van der Waals surface area contributed by atoms with Gasteiger partial charge in [-0.05, 0) is 25.0 Å². The van der Waals surface area contributed by atoms with Crippen molar-refractivity contribution < 1.29 is 13.2 Å². The second kappa shape index (κ2) is 5.30. The maximum absolute atomic E-state index is 12.3. The zero-order valence-electron chi connectivity index (χ0n) is 11.1. The minimum Gasteiger partial charge on any atom is -0.341 e. The topological polar surface area (TPSA) is 66.5 Å². The van der Waals surface area contributed by atoms with Crippen molar-refractivity contribution >= 4 is 15.9 Å². The molecule has 19 heavy (non-hydrogen) atoms. The lowest BCUT2D eigenvalue weighted by molar-refractivity contribution is -0.127. The van der Waals surface area contributed by atoms with Crippen LogP contribution in [0.5, 0.6) is 0 Å². The Morgan fingerprint density at radius 1 is 1.37 bits per heavy atom. The molecule has 1 atom stereocenters. The molecule has 1 heterocycles. The molecule has 0 radical (unpaired) electrons. The number of hydrogen-bond acceptors (Lipinski definition) is 3. The third-order valence-corrected chi connectivity index (χ3v) is 5.02. The van der Waals surface area contributed by atoms with Crippen molar-refractivity contribution in [2.24, 2.45) is 0 Å². The van der Waals surface area contributed by atoms with Crippen molar-refractivity contribution in [2.45, 2.75) is 31.2 Å². The fourth-order valence-electron chi connectivity index (χ4n) is 2.28. The molecule has 1 unspecified atom stereocenters. The predicted octanol–water partition coefficient (Wildman–Crippen LogP) is 0.894. The average molecular weight is 282 g/mol. The van der Waals surface area contributed by atoms with Crippen molar-refractivity contribution in [1.82, 2.24) is 9.62 Å². The highest BCUT2D eigenvalue weighted by Gasteiger charge is 2.28. The van der Waals surface area contributed by atoms with E-state index in [4.69, 9.17) is 0 Å². The maximum Gasteiger partial charge on any atom is 0.241 e. The Morgan fingerprint density at radius 2 is 2.05 bits per heavy atom. The zero-order valence-corrected chi connectivity index (χ0v) is 11.9. The van der Waals surface area contributed by atoms with Gasteiger partial charge in [0.15, 0.2) is 0 Å². The van der Waals surface area contributed by atoms with Crippen LogP contribution in [0.25, 0.3) is 0 Å². The van der Waals surface area contributed by atoms with Gasteiger partial charge in [0.2, 0.25) is 15.9 Å². The van der Waals surface area contributed by atoms with E-state index in [0.717, 1.165) is 5.56 Å². The number of aryl methyl sites for hydroxylation is 1. The van der Waals surface area contributed by atoms with Gasteiger partial charge in [0.05, 0.1) is 4.90 Å². The van der Waals surface area contributed by atoms with Gasteiger partial charge in [0, 0.05) is 26.1 Å². The van der Waals surface area contributed by atoms with Crippen LogP contribution in [0.4, 0.5) is 0 Å². The fourth-order valence-corrected chi connectivity index (χ4v) is 3.79. The third-order valence-electron chi connectivity index (χ3n) is 3.34. The molecule has 1 fully saturated rings. The Kier molecular flexibility index (Phi) is 3.91. The lowest BCUT2D eigenvalue weighted by Crippen LogP contribution is -2.38. The van der Waals surface area contributed by atoms with E-state index in [0.29, 0.717) is 24.4 Å². The molecule has 0 spiro atoms. The van der Waals surface area contributed by atoms with E-state index in [1.165, 1.54) is 6.92 Å². The van der Waals surface area contributed by atoms with Gasteiger partial charge >= 0.3 is 0 Å². The van der Waals surface area contributed by atoms with E-state index < -0.39 is 10.0 Å². The molecule has 2 rings (SSSR count). The summed E-state index contributed by atoms with van der Waals surface area (Å²) in [5, 5.41) is 0. The first-order valence-corrected chi connectivity index (χ1v) is 7.72. The summed E-state index contributed by atoms with van der Waals surface area (Å²) < 4.78 is 27.2. The molecule has 6 heteroatoms. The number of carbonyl (C=O) groups excluding carboxylic acids is 1. The molecule has 0 aromatic heterocycles. The number of likely N-dealkylation sites (tertiary alicyclic amines) is 1. The lowest BCUT2D eigenvalue weighted by Gasteiger charge is -2.16. The van der Waals surface area contributed by atoms with E-state index in [1.54, 1.807) is 36.1 Å². The first kappa shape index (κ1) is 14.0. The first-order chi connectivity index (χ1) is 8.90. The Bertz CT molecular complexity index is 583. The fraction of sp³-hybridized carbons (Fsp3) is 0.462. The zero-order chi connectivity index (χ0) is 14.0. The molecule has 0 bridgehead atoms. The van der Waals surface area contributed by atoms with Gasteiger partial charge in [-0.15, -0.1) is 0 Å². The molecule has 1 aromatic carbocycles. The molecule has 1 amide bonds. The molecule has 0 aliphatic carbocycles. The molecule has 1 N–H and O–H groups in total. The molecular formula is C13H18N2O3S. The Morgan fingerprint density at radius 3 is 2.63 bits per heavy atom. The number of nitrogens with zero attached hydrogens (tertiary/aromatic N) is 1. The molecule has 1 saturated heterocycles. The van der Waals surface area contributed by atoms with Crippen molar-refractivity contribution in [3.05, 3.63) is 29.8 Å². The Balaban J connectivity index is 2.11. The largest absolute Gasteiger partial charge is 0.341 e. The van der Waals surface area contributed by atoms with Gasteiger partial charge in [0.1, 0.15) is 0 Å². The van der Waals surface area contributed by atoms with Gasteiger partial charge in [-0.2, -0.15) is 0 Å². The smallest absolute Gasteiger partial charge is 0.241 e. The lowest BCUT2D eigenvalue weighted by atomic mass is 10.2. The standard InChI is InChI=1S/C13H18N2O3S/c1-10-5-3-4-6-13(10)19(17,18)14-12-7-8-15(9-12)11(2)16/h3-6,12,14H,7-9H2,1-2H3. The van der Waals surface area contributed by atoms with Gasteiger partial charge in [-0.25, -0.2) is 13.1 Å². The maximum atomic E-state index is 12.3. The van der Waals surface area contributed by atoms with Crippen molar-refractivity contribution in [3.8, 4) is 0 Å². The van der Waals surface area contributed by atoms with E-state index >= 15 is 0 Å². The minimum absolute atomic E-state index is 0.0161. The second-order valence-electron chi connectivity index (χ2n) is 4.84. The third kappa shape index (κ3) is 3.13. The monoisotopic (exact) mass is 282 g/mol. The first-order valence-electron chi connectivity index (χ1n) is 6.23. The van der Waals surface area contributed by atoms with E-state index in [2.05, 4.69) is 4.72 Å². The number of carbonyl (C=O) groups is 1. The van der Waals surface area contributed by atoms with Crippen molar-refractivity contribution in [3.63, 3.8) is 0 Å². The average Bonchev–Trinajstić information content (AvgIpc) is 2.77. The van der Waals surface area contributed by atoms with Gasteiger partial charge in [-0.1, -0.05) is 18.2 Å². The molecule has 1 aliphatic rings. The van der Waals surface area contributed by atoms with Crippen LogP contribution in [-0.4, -0.2) is 38.4 Å². The quantitative estimate of drug-likeness (QED) is 0.895. The van der Waals surface area contributed by atoms with Gasteiger partial charge in [0.25, 0.3) is 0 Å². The number of rotatable bonds is 3. The van der Waals surface area contributed by atoms with E-state index in [9.17, 15) is 13.2 Å². The molecule has 0 saturated carbocycles. The van der Waals surface area contributed by atoms with Crippen LogP contribution in [0.2, 0.25) is 0 Å². The molecular weight excluding hydrogens is 264 g/mol. The SMILES string of the molecule is CC(=O)N1CCC(NS(=O)(=O)c2ccccc2C)C1. The van der Waals surface area contributed by atoms with E-state index in [-0.39, 0.29) is 11.9 Å². The molecule has 1 aromatic rings. The summed E-state index contributed by atoms with van der Waals surface area (Å²) in [5.74, 6) is -0.0161. The van der Waals surface area contributed by atoms with Crippen molar-refractivity contribution in [2.75, 3.05) is 13.1 Å². The Labute approximate surface area is 113 Å². The van der Waals surface area contributed by atoms with Crippen molar-refractivity contribution in [1.29, 1.82) is 0 Å². The summed E-state index contributed by atoms with van der Waals surface area (Å²) in [6.07, 6.45) is 0.657. The molecule has 1 aliphatic heterocycles. The highest BCUT2D eigenvalue weighted by Crippen LogP contribution is 2.17. The highest BCUT2D eigenvalue weighted by atomic mass is 32.2. The summed E-state index contributed by atoms with van der Waals surface area (Å²) in [6, 6.07) is 6.67. The Hall–Kier alpha value is -1.40. The van der Waals surface area contributed by atoms with Crippen LogP contribution < -0.4 is 4.72 Å².